The van der Waals surface area contributed by atoms with Gasteiger partial charge in [0.15, 0.2) is 24.3 Å². The number of Topliss-reactive ketones (excluding diaryl/α,β-unsaturated/α-hetero) is 1. The van der Waals surface area contributed by atoms with Crippen LogP contribution in [0.4, 0.5) is 20.1 Å². The number of amides is 10. The molecule has 0 spiro atoms. The molecule has 10 N–H and O–H groups in total. The lowest BCUT2D eigenvalue weighted by Gasteiger charge is -2.59. The molecule has 1 aromatic rings. The van der Waals surface area contributed by atoms with E-state index in [1.807, 2.05) is 19.9 Å². The molecule has 10 amide bonds. The second kappa shape index (κ2) is 27.0. The van der Waals surface area contributed by atoms with Crippen LogP contribution in [0, 0.1) is 34.5 Å². The molecule has 11 atom stereocenters. The van der Waals surface area contributed by atoms with Gasteiger partial charge in [-0.05, 0) is 105 Å². The lowest BCUT2D eigenvalue weighted by atomic mass is 9.46. The Bertz CT molecular complexity index is 2710. The zero-order valence-electron chi connectivity index (χ0n) is 47.0. The molecule has 2 aliphatic heterocycles. The molecule has 446 valence electrons. The minimum atomic E-state index is -1.52. The highest BCUT2D eigenvalue weighted by Gasteiger charge is 2.76. The van der Waals surface area contributed by atoms with Gasteiger partial charge in [0.05, 0.1) is 12.2 Å². The Hall–Kier alpha value is -7.51. The topological polar surface area (TPSA) is 358 Å². The maximum Gasteiger partial charge on any atom is 0.426 e. The number of allylic oxidation sites excluding steroid dienone is 4. The summed E-state index contributed by atoms with van der Waals surface area (Å²) >= 11 is 0. The molecule has 1 saturated heterocycles. The third-order valence-electron chi connectivity index (χ3n) is 16.9. The van der Waals surface area contributed by atoms with Crippen LogP contribution in [-0.4, -0.2) is 138 Å². The average Bonchev–Trinajstić information content (AvgIpc) is 1.55. The van der Waals surface area contributed by atoms with Gasteiger partial charge in [0.25, 0.3) is 17.7 Å². The van der Waals surface area contributed by atoms with E-state index >= 15 is 0 Å². The number of benzene rings is 1. The number of unbranched alkanes of at least 4 members (excludes halogenated alkanes) is 2. The number of alkyl carbamates (subject to hydrolysis) is 1. The molecule has 1 aromatic carbocycles. The van der Waals surface area contributed by atoms with E-state index in [2.05, 4.69) is 44.4 Å². The smallest absolute Gasteiger partial charge is 0.426 e. The first-order valence-electron chi connectivity index (χ1n) is 28.2. The molecule has 2 heterocycles. The molecule has 0 bridgehead atoms. The van der Waals surface area contributed by atoms with Crippen molar-refractivity contribution in [2.45, 2.75) is 154 Å². The fraction of sp³-hybridized carbons (Fsp3) is 0.596. The van der Waals surface area contributed by atoms with E-state index in [1.165, 1.54) is 24.3 Å². The number of urea groups is 1. The van der Waals surface area contributed by atoms with Gasteiger partial charge < -0.3 is 56.4 Å². The van der Waals surface area contributed by atoms with E-state index in [9.17, 15) is 57.8 Å². The Morgan fingerprint density at radius 2 is 1.60 bits per heavy atom. The summed E-state index contributed by atoms with van der Waals surface area (Å²) in [5, 5.41) is 24.9. The maximum absolute atomic E-state index is 14.5. The summed E-state index contributed by atoms with van der Waals surface area (Å²) in [7, 11) is 0. The van der Waals surface area contributed by atoms with Crippen LogP contribution in [0.2, 0.25) is 0 Å². The number of hydrogen-bond acceptors (Lipinski definition) is 16. The first-order valence-corrected chi connectivity index (χ1v) is 28.2. The molecule has 25 heteroatoms. The second-order valence-corrected chi connectivity index (χ2v) is 22.7. The van der Waals surface area contributed by atoms with Crippen molar-refractivity contribution < 1.29 is 76.8 Å². The average molecular weight is 1140 g/mol. The molecule has 82 heavy (non-hydrogen) atoms. The van der Waals surface area contributed by atoms with Crippen molar-refractivity contribution in [3.8, 4) is 0 Å². The number of carbonyl (C=O) groups excluding carboxylic acids is 11. The van der Waals surface area contributed by atoms with E-state index in [-0.39, 0.29) is 86.6 Å². The van der Waals surface area contributed by atoms with Crippen LogP contribution >= 0.6 is 0 Å². The summed E-state index contributed by atoms with van der Waals surface area (Å²) in [6, 6.07) is 3.28. The van der Waals surface area contributed by atoms with Crippen molar-refractivity contribution >= 4 is 70.9 Å². The minimum Gasteiger partial charge on any atom is -0.443 e. The monoisotopic (exact) mass is 1140 g/mol. The number of aliphatic hydroxyl groups is 1. The maximum atomic E-state index is 14.5. The number of anilines is 1. The number of nitrogens with zero attached hydrogens (tertiary/aromatic N) is 1. The first kappa shape index (κ1) is 62.1. The van der Waals surface area contributed by atoms with E-state index in [0.29, 0.717) is 56.2 Å². The normalized spacial score (nSPS) is 27.4. The number of nitrogens with two attached hydrogens (primary N) is 1. The summed E-state index contributed by atoms with van der Waals surface area (Å²) in [6.07, 6.45) is 8.57. The van der Waals surface area contributed by atoms with E-state index in [4.69, 9.17) is 24.7 Å². The fourth-order valence-electron chi connectivity index (χ4n) is 12.9. The zero-order chi connectivity index (χ0) is 59.5. The Labute approximate surface area is 475 Å². The molecular weight excluding hydrogens is 1070 g/mol. The number of carbonyl (C=O) groups is 11. The number of ether oxygens (including phenoxy) is 4. The number of fused-ring (bicyclic) bond motifs is 7. The highest BCUT2D eigenvalue weighted by Crippen LogP contribution is 2.69. The summed E-state index contributed by atoms with van der Waals surface area (Å²) < 4.78 is 23.6. The predicted octanol–water partition coefficient (Wildman–Crippen LogP) is 2.91. The first-order chi connectivity index (χ1) is 39.0. The minimum absolute atomic E-state index is 0.0102. The number of ketones is 2. The van der Waals surface area contributed by atoms with Crippen molar-refractivity contribution in [1.29, 1.82) is 0 Å². The van der Waals surface area contributed by atoms with Crippen LogP contribution in [0.5, 0.6) is 0 Å². The van der Waals surface area contributed by atoms with E-state index in [1.54, 1.807) is 38.1 Å². The Morgan fingerprint density at radius 3 is 2.29 bits per heavy atom. The third kappa shape index (κ3) is 14.2. The van der Waals surface area contributed by atoms with Gasteiger partial charge >= 0.3 is 18.2 Å². The number of hydrogen-bond donors (Lipinski definition) is 9. The van der Waals surface area contributed by atoms with Gasteiger partial charge in [-0.15, -0.1) is 0 Å². The molecule has 2 unspecified atom stereocenters. The van der Waals surface area contributed by atoms with Gasteiger partial charge in [0.2, 0.25) is 23.5 Å². The number of imide groups is 1. The van der Waals surface area contributed by atoms with Gasteiger partial charge in [-0.3, -0.25) is 48.7 Å². The van der Waals surface area contributed by atoms with Crippen molar-refractivity contribution in [3.63, 3.8) is 0 Å². The third-order valence-corrected chi connectivity index (χ3v) is 16.9. The van der Waals surface area contributed by atoms with Crippen LogP contribution in [0.1, 0.15) is 117 Å². The van der Waals surface area contributed by atoms with Crippen LogP contribution in [-0.2, 0) is 63.9 Å². The highest BCUT2D eigenvalue weighted by molar-refractivity contribution is 6.12. The quantitative estimate of drug-likeness (QED) is 0.0386. The van der Waals surface area contributed by atoms with Crippen LogP contribution < -0.4 is 43.2 Å². The molecule has 4 aliphatic carbocycles. The van der Waals surface area contributed by atoms with E-state index in [0.717, 1.165) is 16.9 Å². The summed E-state index contributed by atoms with van der Waals surface area (Å²) in [6.45, 7) is 8.18. The van der Waals surface area contributed by atoms with Crippen molar-refractivity contribution in [1.82, 2.24) is 37.0 Å². The summed E-state index contributed by atoms with van der Waals surface area (Å²) in [5.41, 5.74) is 8.23. The van der Waals surface area contributed by atoms with Gasteiger partial charge in [-0.25, -0.2) is 19.8 Å². The SMILES string of the molecule is CCCC1O[C@@H]2C[C@H]3[C@@H]4CCC5=CC(=O)C=C[C@]5(C)[C@H]4[C@@H](O)C[C@]3(C)C2(C(=O)COC(=O)NCC(=O)NNC(=O)OCc2ccc(NC(=O)[C@H](CCCNC(N)=O)NC(=O)[C@@H](NC(=O)CCCCCN3C(=O)C=CC3=O)C(C)C)cc2)O1. The van der Waals surface area contributed by atoms with Gasteiger partial charge in [-0.2, -0.15) is 0 Å². The molecule has 7 rings (SSSR count). The van der Waals surface area contributed by atoms with Gasteiger partial charge in [0.1, 0.15) is 25.2 Å². The molecular formula is C57H77N9O16. The standard InChI is InChI=1S/C57H77N9O16/c1-6-11-47-81-42-27-38-37-19-16-34-26-36(67)22-23-55(34,4)48(37)40(68)28-56(38,5)57(42,82-47)41(69)31-80-53(77)60-29-44(71)64-65-54(78)79-30-33-14-17-35(18-15-33)61-50(74)39(12-10-24-59-52(58)76)62-51(75)49(32(2)3)63-43(70)13-8-7-9-25-66-45(72)20-21-46(66)73/h14-15,17-18,20-23,26,32,37-40,42,47-49,68H,6-13,16,19,24-25,27-31H2,1-5H3,(H,60,77)(H,61,74)(H,62,75)(H,63,70)(H,64,71)(H,65,78)(H3,58,59,76)/t37-,38-,39-,40-,42+,47?,48+,49-,55-,56-,57?/m0/s1. The molecule has 4 fully saturated rings. The van der Waals surface area contributed by atoms with Crippen molar-refractivity contribution in [2.75, 3.05) is 31.6 Å². The molecule has 25 nitrogen and oxygen atoms in total. The van der Waals surface area contributed by atoms with Crippen LogP contribution in [0.15, 0.2) is 60.2 Å². The van der Waals surface area contributed by atoms with E-state index < -0.39 is 108 Å². The fourth-order valence-corrected chi connectivity index (χ4v) is 12.9. The number of aliphatic hydroxyl groups excluding tert-OH is 1. The zero-order valence-corrected chi connectivity index (χ0v) is 47.0. The number of hydrazine groups is 1. The summed E-state index contributed by atoms with van der Waals surface area (Å²) in [5.74, 6) is -4.47. The predicted molar refractivity (Wildman–Crippen MR) is 292 cm³/mol. The van der Waals surface area contributed by atoms with Gasteiger partial charge in [-0.1, -0.05) is 71.2 Å². The Balaban J connectivity index is 0.834. The number of primary amides is 1. The Kier molecular flexibility index (Phi) is 20.5. The van der Waals surface area contributed by atoms with Crippen molar-refractivity contribution in [3.05, 3.63) is 65.8 Å². The van der Waals surface area contributed by atoms with Crippen LogP contribution in [0.3, 0.4) is 0 Å². The molecule has 6 aliphatic rings. The molecule has 0 radical (unpaired) electrons. The number of rotatable bonds is 25. The van der Waals surface area contributed by atoms with Crippen LogP contribution in [0.25, 0.3) is 0 Å². The number of nitrogens with one attached hydrogen (secondary N) is 7. The largest absolute Gasteiger partial charge is 0.443 e. The lowest BCUT2D eigenvalue weighted by molar-refractivity contribution is -0.200. The second-order valence-electron chi connectivity index (χ2n) is 22.7. The highest BCUT2D eigenvalue weighted by atomic mass is 16.7. The van der Waals surface area contributed by atoms with Crippen molar-refractivity contribution in [2.24, 2.45) is 40.2 Å². The molecule has 0 aromatic heterocycles. The Morgan fingerprint density at radius 1 is 0.866 bits per heavy atom. The molecule has 3 saturated carbocycles. The summed E-state index contributed by atoms with van der Waals surface area (Å²) in [4.78, 5) is 141. The lowest BCUT2D eigenvalue weighted by Crippen LogP contribution is -2.63. The van der Waals surface area contributed by atoms with Gasteiger partial charge in [0, 0.05) is 54.1 Å².